The lowest BCUT2D eigenvalue weighted by atomic mass is 9.71. The molecule has 2 unspecified atom stereocenters. The Morgan fingerprint density at radius 1 is 1.29 bits per heavy atom. The summed E-state index contributed by atoms with van der Waals surface area (Å²) in [5.74, 6) is 0.735. The van der Waals surface area contributed by atoms with Crippen molar-refractivity contribution in [1.29, 1.82) is 0 Å². The van der Waals surface area contributed by atoms with Crippen LogP contribution in [0, 0.1) is 5.41 Å². The molecule has 2 atom stereocenters. The third-order valence-electron chi connectivity index (χ3n) is 3.96. The quantitative estimate of drug-likeness (QED) is 0.832. The van der Waals surface area contributed by atoms with Crippen LogP contribution in [0.1, 0.15) is 50.7 Å². The van der Waals surface area contributed by atoms with Crippen LogP contribution in [0.5, 0.6) is 0 Å². The Bertz CT molecular complexity index is 375. The fourth-order valence-corrected chi connectivity index (χ4v) is 2.79. The van der Waals surface area contributed by atoms with Gasteiger partial charge in [0.1, 0.15) is 0 Å². The molecule has 1 nitrogen and oxygen atoms in total. The van der Waals surface area contributed by atoms with Crippen LogP contribution in [0.4, 0.5) is 0 Å². The van der Waals surface area contributed by atoms with E-state index < -0.39 is 0 Å². The third kappa shape index (κ3) is 2.90. The van der Waals surface area contributed by atoms with Gasteiger partial charge in [-0.05, 0) is 42.9 Å². The molecule has 1 aromatic rings. The lowest BCUT2D eigenvalue weighted by Crippen LogP contribution is -2.38. The van der Waals surface area contributed by atoms with Gasteiger partial charge in [-0.15, -0.1) is 0 Å². The van der Waals surface area contributed by atoms with E-state index in [1.54, 1.807) is 11.1 Å². The molecular weight excluding hydrogens is 206 g/mol. The van der Waals surface area contributed by atoms with Gasteiger partial charge in [-0.2, -0.15) is 0 Å². The van der Waals surface area contributed by atoms with E-state index in [2.05, 4.69) is 57.4 Å². The van der Waals surface area contributed by atoms with Crippen LogP contribution < -0.4 is 5.32 Å². The molecule has 1 N–H and O–H groups in total. The van der Waals surface area contributed by atoms with Gasteiger partial charge in [0.15, 0.2) is 0 Å². The number of hydrogen-bond donors (Lipinski definition) is 1. The molecule has 0 heterocycles. The first kappa shape index (κ1) is 12.6. The standard InChI is InChI=1S/C16H25N/c1-16(2,3)10-9-15(17-4)14-11-12-7-5-6-8-13(12)14/h5-8,14-15,17H,9-11H2,1-4H3. The van der Waals surface area contributed by atoms with Crippen molar-refractivity contribution in [2.45, 2.75) is 52.0 Å². The number of fused-ring (bicyclic) bond motifs is 1. The van der Waals surface area contributed by atoms with Gasteiger partial charge in [-0.3, -0.25) is 0 Å². The molecular formula is C16H25N. The summed E-state index contributed by atoms with van der Waals surface area (Å²) < 4.78 is 0. The fraction of sp³-hybridized carbons (Fsp3) is 0.625. The highest BCUT2D eigenvalue weighted by Crippen LogP contribution is 2.39. The second-order valence-electron chi connectivity index (χ2n) is 6.50. The lowest BCUT2D eigenvalue weighted by molar-refractivity contribution is 0.307. The van der Waals surface area contributed by atoms with Crippen molar-refractivity contribution in [2.75, 3.05) is 7.05 Å². The summed E-state index contributed by atoms with van der Waals surface area (Å²) in [5, 5.41) is 3.52. The Balaban J connectivity index is 1.98. The monoisotopic (exact) mass is 231 g/mol. The Labute approximate surface area is 106 Å². The zero-order chi connectivity index (χ0) is 12.5. The van der Waals surface area contributed by atoms with E-state index >= 15 is 0 Å². The Kier molecular flexibility index (Phi) is 3.58. The summed E-state index contributed by atoms with van der Waals surface area (Å²) in [4.78, 5) is 0. The van der Waals surface area contributed by atoms with E-state index in [0.29, 0.717) is 11.5 Å². The smallest absolute Gasteiger partial charge is 0.0136 e. The highest BCUT2D eigenvalue weighted by molar-refractivity contribution is 5.41. The zero-order valence-corrected chi connectivity index (χ0v) is 11.6. The minimum atomic E-state index is 0.443. The summed E-state index contributed by atoms with van der Waals surface area (Å²) in [5.41, 5.74) is 3.56. The van der Waals surface area contributed by atoms with Crippen molar-refractivity contribution >= 4 is 0 Å². The maximum atomic E-state index is 3.52. The SMILES string of the molecule is CNC(CCC(C)(C)C)C1Cc2ccccc21. The molecule has 2 rings (SSSR count). The molecule has 1 aliphatic carbocycles. The van der Waals surface area contributed by atoms with Crippen LogP contribution in [0.3, 0.4) is 0 Å². The minimum absolute atomic E-state index is 0.443. The molecule has 1 aliphatic rings. The van der Waals surface area contributed by atoms with E-state index in [-0.39, 0.29) is 0 Å². The topological polar surface area (TPSA) is 12.0 Å². The van der Waals surface area contributed by atoms with Gasteiger partial charge in [0.2, 0.25) is 0 Å². The second kappa shape index (κ2) is 4.81. The Morgan fingerprint density at radius 2 is 2.00 bits per heavy atom. The molecule has 0 saturated carbocycles. The Morgan fingerprint density at radius 3 is 2.59 bits per heavy atom. The number of likely N-dealkylation sites (N-methyl/N-ethyl adjacent to an activating group) is 1. The highest BCUT2D eigenvalue weighted by Gasteiger charge is 2.32. The molecule has 0 amide bonds. The lowest BCUT2D eigenvalue weighted by Gasteiger charge is -2.37. The van der Waals surface area contributed by atoms with Crippen LogP contribution in [0.25, 0.3) is 0 Å². The maximum absolute atomic E-state index is 3.52. The molecule has 0 spiro atoms. The van der Waals surface area contributed by atoms with Crippen LogP contribution in [-0.4, -0.2) is 13.1 Å². The van der Waals surface area contributed by atoms with E-state index in [1.807, 2.05) is 0 Å². The molecule has 0 bridgehead atoms. The first-order valence-electron chi connectivity index (χ1n) is 6.76. The van der Waals surface area contributed by atoms with Crippen molar-refractivity contribution in [3.05, 3.63) is 35.4 Å². The summed E-state index contributed by atoms with van der Waals surface area (Å²) in [6, 6.07) is 9.52. The van der Waals surface area contributed by atoms with Gasteiger partial charge in [0, 0.05) is 12.0 Å². The second-order valence-corrected chi connectivity index (χ2v) is 6.50. The highest BCUT2D eigenvalue weighted by atomic mass is 14.9. The van der Waals surface area contributed by atoms with E-state index in [0.717, 1.165) is 5.92 Å². The molecule has 17 heavy (non-hydrogen) atoms. The largest absolute Gasteiger partial charge is 0.316 e. The molecule has 0 radical (unpaired) electrons. The zero-order valence-electron chi connectivity index (χ0n) is 11.6. The molecule has 0 aromatic heterocycles. The van der Waals surface area contributed by atoms with Gasteiger partial charge in [-0.25, -0.2) is 0 Å². The number of nitrogens with one attached hydrogen (secondary N) is 1. The van der Waals surface area contributed by atoms with Gasteiger partial charge in [-0.1, -0.05) is 45.0 Å². The average Bonchev–Trinajstić information content (AvgIpc) is 2.23. The van der Waals surface area contributed by atoms with Gasteiger partial charge in [0.25, 0.3) is 0 Å². The molecule has 0 fully saturated rings. The first-order chi connectivity index (χ1) is 8.01. The van der Waals surface area contributed by atoms with E-state index in [9.17, 15) is 0 Å². The number of rotatable bonds is 4. The summed E-state index contributed by atoms with van der Waals surface area (Å²) in [7, 11) is 2.11. The fourth-order valence-electron chi connectivity index (χ4n) is 2.79. The van der Waals surface area contributed by atoms with Crippen molar-refractivity contribution in [3.8, 4) is 0 Å². The van der Waals surface area contributed by atoms with Gasteiger partial charge < -0.3 is 5.32 Å². The molecule has 0 saturated heterocycles. The van der Waals surface area contributed by atoms with Crippen molar-refractivity contribution < 1.29 is 0 Å². The van der Waals surface area contributed by atoms with Gasteiger partial charge >= 0.3 is 0 Å². The molecule has 1 aromatic carbocycles. The average molecular weight is 231 g/mol. The predicted octanol–water partition coefficient (Wildman–Crippen LogP) is 3.74. The minimum Gasteiger partial charge on any atom is -0.316 e. The van der Waals surface area contributed by atoms with Crippen molar-refractivity contribution in [1.82, 2.24) is 5.32 Å². The summed E-state index contributed by atoms with van der Waals surface area (Å²) in [6.45, 7) is 6.98. The van der Waals surface area contributed by atoms with Gasteiger partial charge in [0.05, 0.1) is 0 Å². The van der Waals surface area contributed by atoms with Crippen LogP contribution >= 0.6 is 0 Å². The van der Waals surface area contributed by atoms with Crippen molar-refractivity contribution in [2.24, 2.45) is 5.41 Å². The number of benzene rings is 1. The summed E-state index contributed by atoms with van der Waals surface area (Å²) >= 11 is 0. The normalized spacial score (nSPS) is 20.6. The molecule has 0 aliphatic heterocycles. The molecule has 94 valence electrons. The van der Waals surface area contributed by atoms with Crippen molar-refractivity contribution in [3.63, 3.8) is 0 Å². The number of hydrogen-bond acceptors (Lipinski definition) is 1. The van der Waals surface area contributed by atoms with Crippen LogP contribution in [-0.2, 0) is 6.42 Å². The van der Waals surface area contributed by atoms with Crippen LogP contribution in [0.15, 0.2) is 24.3 Å². The first-order valence-corrected chi connectivity index (χ1v) is 6.76. The van der Waals surface area contributed by atoms with Crippen LogP contribution in [0.2, 0.25) is 0 Å². The summed E-state index contributed by atoms with van der Waals surface area (Å²) in [6.07, 6.45) is 3.82. The molecule has 1 heteroatoms. The van der Waals surface area contributed by atoms with E-state index in [1.165, 1.54) is 19.3 Å². The third-order valence-corrected chi connectivity index (χ3v) is 3.96. The van der Waals surface area contributed by atoms with E-state index in [4.69, 9.17) is 0 Å². The Hall–Kier alpha value is -0.820. The maximum Gasteiger partial charge on any atom is 0.0136 e. The predicted molar refractivity (Wildman–Crippen MR) is 74.4 cm³/mol.